The Balaban J connectivity index is 2.79. The Kier molecular flexibility index (Phi) is 1.70. The number of rotatable bonds is 1. The van der Waals surface area contributed by atoms with Crippen LogP contribution in [0.25, 0.3) is 10.9 Å². The van der Waals surface area contributed by atoms with Crippen molar-refractivity contribution in [3.63, 3.8) is 0 Å². The third kappa shape index (κ3) is 1.03. The highest BCUT2D eigenvalue weighted by Gasteiger charge is 1.98. The van der Waals surface area contributed by atoms with E-state index < -0.39 is 0 Å². The van der Waals surface area contributed by atoms with E-state index in [1.165, 1.54) is 5.56 Å². The lowest BCUT2D eigenvalue weighted by Gasteiger charge is -1.99. The zero-order valence-corrected chi connectivity index (χ0v) is 6.86. The van der Waals surface area contributed by atoms with E-state index in [2.05, 4.69) is 28.4 Å². The molecule has 0 atom stereocenters. The zero-order chi connectivity index (χ0) is 8.39. The summed E-state index contributed by atoms with van der Waals surface area (Å²) in [5.41, 5.74) is 2.19. The maximum Gasteiger partial charge on any atom is 0.0995 e. The number of benzene rings is 1. The fraction of sp³-hybridized carbons (Fsp3) is 0.222. The fourth-order valence-electron chi connectivity index (χ4n) is 1.28. The van der Waals surface area contributed by atoms with Crippen LogP contribution in [0, 0.1) is 0 Å². The second-order valence-corrected chi connectivity index (χ2v) is 2.64. The van der Waals surface area contributed by atoms with Gasteiger partial charge in [-0.2, -0.15) is 0 Å². The number of nitrogens with zero attached hydrogens (tertiary/aromatic N) is 3. The molecule has 1 heterocycles. The van der Waals surface area contributed by atoms with E-state index in [-0.39, 0.29) is 0 Å². The number of hydrogen-bond donors (Lipinski definition) is 0. The molecule has 12 heavy (non-hydrogen) atoms. The number of fused-ring (bicyclic) bond motifs is 1. The first-order chi connectivity index (χ1) is 5.92. The minimum absolute atomic E-state index is 0.968. The zero-order valence-electron chi connectivity index (χ0n) is 6.86. The van der Waals surface area contributed by atoms with Gasteiger partial charge in [0, 0.05) is 5.39 Å². The first-order valence-electron chi connectivity index (χ1n) is 3.98. The van der Waals surface area contributed by atoms with Crippen molar-refractivity contribution >= 4 is 10.9 Å². The van der Waals surface area contributed by atoms with Crippen molar-refractivity contribution in [2.75, 3.05) is 0 Å². The molecule has 1 aromatic heterocycles. The molecule has 0 bridgehead atoms. The summed E-state index contributed by atoms with van der Waals surface area (Å²) in [6.45, 7) is 2.11. The van der Waals surface area contributed by atoms with E-state index in [9.17, 15) is 0 Å². The molecule has 60 valence electrons. The van der Waals surface area contributed by atoms with Crippen LogP contribution in [0.1, 0.15) is 12.5 Å². The van der Waals surface area contributed by atoms with Crippen LogP contribution in [0.3, 0.4) is 0 Å². The molecule has 0 aliphatic rings. The Labute approximate surface area is 70.4 Å². The molecule has 0 unspecified atom stereocenters. The molecular weight excluding hydrogens is 150 g/mol. The van der Waals surface area contributed by atoms with Gasteiger partial charge in [-0.05, 0) is 17.2 Å². The molecule has 0 spiro atoms. The highest BCUT2D eigenvalue weighted by atomic mass is 15.3. The highest BCUT2D eigenvalue weighted by Crippen LogP contribution is 2.13. The molecule has 0 amide bonds. The van der Waals surface area contributed by atoms with Crippen LogP contribution in [0.2, 0.25) is 0 Å². The van der Waals surface area contributed by atoms with Crippen LogP contribution >= 0.6 is 0 Å². The van der Waals surface area contributed by atoms with Gasteiger partial charge in [0.1, 0.15) is 0 Å². The number of hydrogen-bond acceptors (Lipinski definition) is 3. The first kappa shape index (κ1) is 7.16. The van der Waals surface area contributed by atoms with Gasteiger partial charge in [-0.25, -0.2) is 0 Å². The predicted molar refractivity (Wildman–Crippen MR) is 46.7 cm³/mol. The molecule has 0 saturated heterocycles. The molecule has 2 rings (SSSR count). The van der Waals surface area contributed by atoms with Gasteiger partial charge in [0.15, 0.2) is 0 Å². The van der Waals surface area contributed by atoms with Crippen LogP contribution < -0.4 is 0 Å². The van der Waals surface area contributed by atoms with Crippen molar-refractivity contribution in [1.29, 1.82) is 0 Å². The van der Waals surface area contributed by atoms with Crippen LogP contribution in [0.5, 0.6) is 0 Å². The molecule has 3 heteroatoms. The Morgan fingerprint density at radius 1 is 1.33 bits per heavy atom. The van der Waals surface area contributed by atoms with E-state index in [4.69, 9.17) is 0 Å². The smallest absolute Gasteiger partial charge is 0.0995 e. The van der Waals surface area contributed by atoms with Crippen LogP contribution in [-0.2, 0) is 6.42 Å². The van der Waals surface area contributed by atoms with E-state index in [1.54, 1.807) is 6.20 Å². The van der Waals surface area contributed by atoms with Gasteiger partial charge in [-0.3, -0.25) is 0 Å². The molecule has 3 nitrogen and oxygen atoms in total. The Morgan fingerprint density at radius 3 is 3.08 bits per heavy atom. The minimum Gasteiger partial charge on any atom is -0.138 e. The van der Waals surface area contributed by atoms with Gasteiger partial charge in [0.25, 0.3) is 0 Å². The first-order valence-corrected chi connectivity index (χ1v) is 3.98. The lowest BCUT2D eigenvalue weighted by Crippen LogP contribution is -1.91. The van der Waals surface area contributed by atoms with Crippen LogP contribution in [-0.4, -0.2) is 15.4 Å². The molecule has 1 aromatic carbocycles. The summed E-state index contributed by atoms with van der Waals surface area (Å²) in [6, 6.07) is 6.08. The number of aryl methyl sites for hydroxylation is 1. The third-order valence-electron chi connectivity index (χ3n) is 1.92. The summed E-state index contributed by atoms with van der Waals surface area (Å²) in [5.74, 6) is 0. The second kappa shape index (κ2) is 2.85. The molecule has 2 aromatic rings. The van der Waals surface area contributed by atoms with Gasteiger partial charge in [0.05, 0.1) is 11.7 Å². The summed E-state index contributed by atoms with van der Waals surface area (Å²) in [4.78, 5) is 0. The van der Waals surface area contributed by atoms with Gasteiger partial charge >= 0.3 is 0 Å². The lowest BCUT2D eigenvalue weighted by molar-refractivity contribution is 0.890. The van der Waals surface area contributed by atoms with Crippen LogP contribution in [0.4, 0.5) is 0 Å². The van der Waals surface area contributed by atoms with E-state index in [1.807, 2.05) is 12.1 Å². The average molecular weight is 159 g/mol. The molecule has 0 radical (unpaired) electrons. The Hall–Kier alpha value is -1.51. The fourth-order valence-corrected chi connectivity index (χ4v) is 1.28. The van der Waals surface area contributed by atoms with Gasteiger partial charge in [-0.15, -0.1) is 10.2 Å². The second-order valence-electron chi connectivity index (χ2n) is 2.64. The lowest BCUT2D eigenvalue weighted by atomic mass is 10.1. The molecular formula is C9H9N3. The predicted octanol–water partition coefficient (Wildman–Crippen LogP) is 1.59. The Bertz CT molecular complexity index is 392. The maximum atomic E-state index is 3.99. The van der Waals surface area contributed by atoms with Gasteiger partial charge in [0.2, 0.25) is 0 Å². The van der Waals surface area contributed by atoms with Crippen molar-refractivity contribution in [1.82, 2.24) is 15.4 Å². The minimum atomic E-state index is 0.968. The molecule has 0 N–H and O–H groups in total. The Morgan fingerprint density at radius 2 is 2.25 bits per heavy atom. The van der Waals surface area contributed by atoms with Crippen molar-refractivity contribution in [3.05, 3.63) is 30.0 Å². The van der Waals surface area contributed by atoms with E-state index >= 15 is 0 Å². The largest absolute Gasteiger partial charge is 0.138 e. The van der Waals surface area contributed by atoms with E-state index in [0.717, 1.165) is 17.3 Å². The third-order valence-corrected chi connectivity index (χ3v) is 1.92. The standard InChI is InChI=1S/C9H9N3/c1-2-7-4-3-5-8-6-10-12-11-9(7)8/h3-6H,2H2,1H3. The molecule has 0 aliphatic carbocycles. The average Bonchev–Trinajstić information content (AvgIpc) is 2.17. The van der Waals surface area contributed by atoms with Crippen molar-refractivity contribution in [3.8, 4) is 0 Å². The summed E-state index contributed by atoms with van der Waals surface area (Å²) < 4.78 is 0. The van der Waals surface area contributed by atoms with Crippen LogP contribution in [0.15, 0.2) is 24.4 Å². The monoisotopic (exact) mass is 159 g/mol. The summed E-state index contributed by atoms with van der Waals surface area (Å²) in [7, 11) is 0. The van der Waals surface area contributed by atoms with Gasteiger partial charge in [-0.1, -0.05) is 25.1 Å². The summed E-state index contributed by atoms with van der Waals surface area (Å²) in [6.07, 6.45) is 2.72. The summed E-state index contributed by atoms with van der Waals surface area (Å²) >= 11 is 0. The molecule has 0 fully saturated rings. The molecule has 0 saturated carbocycles. The number of aromatic nitrogens is 3. The maximum absolute atomic E-state index is 3.99. The normalized spacial score (nSPS) is 10.4. The summed E-state index contributed by atoms with van der Waals surface area (Å²) in [5, 5.41) is 12.4. The van der Waals surface area contributed by atoms with Crippen molar-refractivity contribution < 1.29 is 0 Å². The quantitative estimate of drug-likeness (QED) is 0.634. The highest BCUT2D eigenvalue weighted by molar-refractivity contribution is 5.80. The van der Waals surface area contributed by atoms with Gasteiger partial charge < -0.3 is 0 Å². The molecule has 0 aliphatic heterocycles. The van der Waals surface area contributed by atoms with Crippen molar-refractivity contribution in [2.24, 2.45) is 0 Å². The van der Waals surface area contributed by atoms with Crippen molar-refractivity contribution in [2.45, 2.75) is 13.3 Å². The topological polar surface area (TPSA) is 38.7 Å². The SMILES string of the molecule is CCc1cccc2cnnnc12. The van der Waals surface area contributed by atoms with E-state index in [0.29, 0.717) is 0 Å².